The van der Waals surface area contributed by atoms with E-state index in [0.717, 1.165) is 23.3 Å². The first kappa shape index (κ1) is 10.1. The summed E-state index contributed by atoms with van der Waals surface area (Å²) in [6, 6.07) is 0.894. The lowest BCUT2D eigenvalue weighted by Gasteiger charge is -2.52. The highest BCUT2D eigenvalue weighted by atomic mass is 15.0. The number of nitrogens with one attached hydrogen (secondary N) is 1. The third-order valence-corrected chi connectivity index (χ3v) is 5.42. The van der Waals surface area contributed by atoms with Gasteiger partial charge in [-0.25, -0.2) is 0 Å². The van der Waals surface area contributed by atoms with Gasteiger partial charge in [0.2, 0.25) is 0 Å². The van der Waals surface area contributed by atoms with Crippen molar-refractivity contribution in [2.45, 2.75) is 64.3 Å². The summed E-state index contributed by atoms with van der Waals surface area (Å²) in [5, 5.41) is 3.87. The van der Waals surface area contributed by atoms with E-state index in [9.17, 15) is 0 Å². The molecule has 3 unspecified atom stereocenters. The molecule has 0 amide bonds. The van der Waals surface area contributed by atoms with E-state index in [2.05, 4.69) is 12.2 Å². The molecule has 1 heteroatoms. The van der Waals surface area contributed by atoms with Crippen molar-refractivity contribution in [3.63, 3.8) is 0 Å². The topological polar surface area (TPSA) is 12.0 Å². The lowest BCUT2D eigenvalue weighted by Crippen LogP contribution is -2.54. The Balaban J connectivity index is 1.49. The minimum Gasteiger partial charge on any atom is -0.313 e. The molecule has 0 aromatic carbocycles. The fourth-order valence-corrected chi connectivity index (χ4v) is 3.85. The van der Waals surface area contributed by atoms with E-state index in [-0.39, 0.29) is 0 Å². The van der Waals surface area contributed by atoms with Crippen LogP contribution in [0.5, 0.6) is 0 Å². The van der Waals surface area contributed by atoms with Crippen LogP contribution >= 0.6 is 0 Å². The van der Waals surface area contributed by atoms with Crippen LogP contribution in [-0.4, -0.2) is 12.6 Å². The zero-order chi connectivity index (χ0) is 10.3. The molecule has 0 bridgehead atoms. The van der Waals surface area contributed by atoms with Gasteiger partial charge in [-0.15, -0.1) is 0 Å². The van der Waals surface area contributed by atoms with Crippen LogP contribution in [0.1, 0.15) is 58.3 Å². The van der Waals surface area contributed by atoms with E-state index in [0.29, 0.717) is 0 Å². The second-order valence-corrected chi connectivity index (χ2v) is 6.40. The zero-order valence-electron chi connectivity index (χ0n) is 10.1. The van der Waals surface area contributed by atoms with Crippen molar-refractivity contribution < 1.29 is 0 Å². The summed E-state index contributed by atoms with van der Waals surface area (Å²) in [6.07, 6.45) is 12.0. The smallest absolute Gasteiger partial charge is 0.0124 e. The fraction of sp³-hybridized carbons (Fsp3) is 1.00. The van der Waals surface area contributed by atoms with Gasteiger partial charge in [-0.1, -0.05) is 26.2 Å². The lowest BCUT2D eigenvalue weighted by atomic mass is 9.57. The standard InChI is InChI=1S/C14H25N/c1-11-9-12(11)10-15-13-5-8-14(13)6-3-2-4-7-14/h11-13,15H,2-10H2,1H3. The average molecular weight is 207 g/mol. The van der Waals surface area contributed by atoms with Crippen LogP contribution in [0.2, 0.25) is 0 Å². The van der Waals surface area contributed by atoms with Crippen molar-refractivity contribution in [2.24, 2.45) is 17.3 Å². The molecule has 0 aromatic rings. The predicted molar refractivity (Wildman–Crippen MR) is 63.8 cm³/mol. The molecule has 3 aliphatic rings. The molecule has 3 saturated carbocycles. The van der Waals surface area contributed by atoms with Gasteiger partial charge in [0.05, 0.1) is 0 Å². The maximum atomic E-state index is 3.87. The van der Waals surface area contributed by atoms with Crippen molar-refractivity contribution in [3.05, 3.63) is 0 Å². The highest BCUT2D eigenvalue weighted by molar-refractivity contribution is 5.02. The molecular weight excluding hydrogens is 182 g/mol. The van der Waals surface area contributed by atoms with Crippen molar-refractivity contribution in [1.29, 1.82) is 0 Å². The molecule has 0 saturated heterocycles. The normalized spacial score (nSPS) is 42.6. The summed E-state index contributed by atoms with van der Waals surface area (Å²) in [7, 11) is 0. The molecule has 0 heterocycles. The van der Waals surface area contributed by atoms with Gasteiger partial charge in [0.25, 0.3) is 0 Å². The van der Waals surface area contributed by atoms with Gasteiger partial charge in [0, 0.05) is 6.04 Å². The third-order valence-electron chi connectivity index (χ3n) is 5.42. The minimum absolute atomic E-state index is 0.760. The molecule has 0 radical (unpaired) electrons. The second-order valence-electron chi connectivity index (χ2n) is 6.40. The molecule has 15 heavy (non-hydrogen) atoms. The molecule has 1 nitrogen and oxygen atoms in total. The summed E-state index contributed by atoms with van der Waals surface area (Å²) >= 11 is 0. The monoisotopic (exact) mass is 207 g/mol. The first-order valence-electron chi connectivity index (χ1n) is 7.04. The first-order chi connectivity index (χ1) is 7.30. The Bertz CT molecular complexity index is 229. The van der Waals surface area contributed by atoms with Gasteiger partial charge in [-0.3, -0.25) is 0 Å². The molecule has 3 rings (SSSR count). The Morgan fingerprint density at radius 1 is 1.13 bits per heavy atom. The van der Waals surface area contributed by atoms with Gasteiger partial charge >= 0.3 is 0 Å². The molecule has 1 N–H and O–H groups in total. The fourth-order valence-electron chi connectivity index (χ4n) is 3.85. The Morgan fingerprint density at radius 3 is 2.40 bits per heavy atom. The van der Waals surface area contributed by atoms with E-state index >= 15 is 0 Å². The van der Waals surface area contributed by atoms with E-state index in [1.54, 1.807) is 0 Å². The van der Waals surface area contributed by atoms with Gasteiger partial charge in [0.1, 0.15) is 0 Å². The van der Waals surface area contributed by atoms with Crippen LogP contribution in [-0.2, 0) is 0 Å². The third kappa shape index (κ3) is 1.84. The minimum atomic E-state index is 0.760. The maximum Gasteiger partial charge on any atom is 0.0124 e. The Morgan fingerprint density at radius 2 is 1.87 bits per heavy atom. The molecular formula is C14H25N. The molecule has 1 spiro atoms. The van der Waals surface area contributed by atoms with Gasteiger partial charge in [-0.05, 0) is 55.9 Å². The molecule has 3 fully saturated rings. The van der Waals surface area contributed by atoms with Gasteiger partial charge in [0.15, 0.2) is 0 Å². The van der Waals surface area contributed by atoms with Crippen molar-refractivity contribution >= 4 is 0 Å². The number of hydrogen-bond donors (Lipinski definition) is 1. The second kappa shape index (κ2) is 3.76. The molecule has 0 aromatic heterocycles. The molecule has 0 aliphatic heterocycles. The number of hydrogen-bond acceptors (Lipinski definition) is 1. The van der Waals surface area contributed by atoms with Gasteiger partial charge in [-0.2, -0.15) is 0 Å². The quantitative estimate of drug-likeness (QED) is 0.748. The molecule has 3 aliphatic carbocycles. The van der Waals surface area contributed by atoms with Crippen molar-refractivity contribution in [1.82, 2.24) is 5.32 Å². The lowest BCUT2D eigenvalue weighted by molar-refractivity contribution is 0.0225. The van der Waals surface area contributed by atoms with Crippen LogP contribution in [0.3, 0.4) is 0 Å². The molecule has 86 valence electrons. The predicted octanol–water partition coefficient (Wildman–Crippen LogP) is 3.34. The van der Waals surface area contributed by atoms with E-state index in [4.69, 9.17) is 0 Å². The van der Waals surface area contributed by atoms with Crippen molar-refractivity contribution in [3.8, 4) is 0 Å². The summed E-state index contributed by atoms with van der Waals surface area (Å²) < 4.78 is 0. The Hall–Kier alpha value is -0.0400. The maximum absolute atomic E-state index is 3.87. The highest BCUT2D eigenvalue weighted by Gasteiger charge is 2.47. The van der Waals surface area contributed by atoms with Crippen LogP contribution in [0.4, 0.5) is 0 Å². The van der Waals surface area contributed by atoms with Crippen LogP contribution in [0.15, 0.2) is 0 Å². The molecule has 3 atom stereocenters. The van der Waals surface area contributed by atoms with Gasteiger partial charge < -0.3 is 5.32 Å². The summed E-state index contributed by atoms with van der Waals surface area (Å²) in [5.74, 6) is 2.03. The van der Waals surface area contributed by atoms with E-state index in [1.165, 1.54) is 57.9 Å². The zero-order valence-corrected chi connectivity index (χ0v) is 10.1. The van der Waals surface area contributed by atoms with Crippen LogP contribution in [0, 0.1) is 17.3 Å². The SMILES string of the molecule is CC1CC1CNC1CCC12CCCCC2. The van der Waals surface area contributed by atoms with Crippen molar-refractivity contribution in [2.75, 3.05) is 6.54 Å². The van der Waals surface area contributed by atoms with E-state index in [1.807, 2.05) is 0 Å². The Labute approximate surface area is 94.0 Å². The first-order valence-corrected chi connectivity index (χ1v) is 7.04. The Kier molecular flexibility index (Phi) is 2.54. The van der Waals surface area contributed by atoms with E-state index < -0.39 is 0 Å². The summed E-state index contributed by atoms with van der Waals surface area (Å²) in [4.78, 5) is 0. The van der Waals surface area contributed by atoms with Crippen LogP contribution in [0.25, 0.3) is 0 Å². The number of rotatable bonds is 3. The largest absolute Gasteiger partial charge is 0.313 e. The summed E-state index contributed by atoms with van der Waals surface area (Å²) in [5.41, 5.74) is 0.760. The van der Waals surface area contributed by atoms with Crippen LogP contribution < -0.4 is 5.32 Å². The summed E-state index contributed by atoms with van der Waals surface area (Å²) in [6.45, 7) is 3.71. The highest BCUT2D eigenvalue weighted by Crippen LogP contribution is 2.52. The average Bonchev–Trinajstić information content (AvgIpc) is 2.95.